The molecule has 0 spiro atoms. The summed E-state index contributed by atoms with van der Waals surface area (Å²) in [5.41, 5.74) is 8.47. The molecule has 1 unspecified atom stereocenters. The maximum Gasteiger partial charge on any atom is 0.255 e. The second-order valence-electron chi connectivity index (χ2n) is 6.10. The van der Waals surface area contributed by atoms with Crippen molar-refractivity contribution in [3.8, 4) is 18.1 Å². The van der Waals surface area contributed by atoms with Crippen LogP contribution in [0.15, 0.2) is 60.8 Å². The molecule has 0 radical (unpaired) electrons. The number of pyridine rings is 1. The molecule has 28 heavy (non-hydrogen) atoms. The number of anilines is 2. The van der Waals surface area contributed by atoms with Gasteiger partial charge in [0.05, 0.1) is 5.02 Å². The molecular formula is C22H18ClN3O2. The van der Waals surface area contributed by atoms with Crippen molar-refractivity contribution < 1.29 is 9.53 Å². The number of carbonyl (C=O) groups is 1. The third-order valence-corrected chi connectivity index (χ3v) is 4.26. The molecule has 1 aromatic heterocycles. The number of benzene rings is 2. The Morgan fingerprint density at radius 2 is 2.04 bits per heavy atom. The monoisotopic (exact) mass is 391 g/mol. The highest BCUT2D eigenvalue weighted by Crippen LogP contribution is 2.29. The van der Waals surface area contributed by atoms with E-state index in [0.717, 1.165) is 5.56 Å². The zero-order valence-electron chi connectivity index (χ0n) is 15.1. The third-order valence-electron chi connectivity index (χ3n) is 4.06. The standard InChI is InChI=1S/C22H18ClN3O2/c1-3-15-6-4-8-17(10-15)22(27)26-19-9-5-7-16(11-19)14(2)28-20-12-18(23)13-25-21(20)24/h1,4-14H,2H3,(H2,24,25)(H,26,27). The molecule has 6 heteroatoms. The molecular weight excluding hydrogens is 374 g/mol. The van der Waals surface area contributed by atoms with Crippen molar-refractivity contribution in [2.75, 3.05) is 11.1 Å². The number of amides is 1. The first-order valence-electron chi connectivity index (χ1n) is 8.52. The molecule has 3 N–H and O–H groups in total. The van der Waals surface area contributed by atoms with Gasteiger partial charge in [0.15, 0.2) is 11.6 Å². The van der Waals surface area contributed by atoms with Crippen LogP contribution < -0.4 is 15.8 Å². The Morgan fingerprint density at radius 3 is 2.82 bits per heavy atom. The second-order valence-corrected chi connectivity index (χ2v) is 6.54. The summed E-state index contributed by atoms with van der Waals surface area (Å²) < 4.78 is 5.88. The van der Waals surface area contributed by atoms with E-state index in [1.54, 1.807) is 36.4 Å². The van der Waals surface area contributed by atoms with E-state index in [2.05, 4.69) is 16.2 Å². The third kappa shape index (κ3) is 4.61. The summed E-state index contributed by atoms with van der Waals surface area (Å²) in [6.45, 7) is 1.87. The average Bonchev–Trinajstić information content (AvgIpc) is 2.71. The van der Waals surface area contributed by atoms with Crippen LogP contribution in [0.3, 0.4) is 0 Å². The number of nitrogens with one attached hydrogen (secondary N) is 1. The normalized spacial score (nSPS) is 11.3. The number of nitrogens with two attached hydrogens (primary N) is 1. The van der Waals surface area contributed by atoms with E-state index in [1.165, 1.54) is 6.20 Å². The van der Waals surface area contributed by atoms with Crippen molar-refractivity contribution in [1.82, 2.24) is 4.98 Å². The largest absolute Gasteiger partial charge is 0.482 e. The smallest absolute Gasteiger partial charge is 0.255 e. The van der Waals surface area contributed by atoms with E-state index in [0.29, 0.717) is 27.6 Å². The van der Waals surface area contributed by atoms with Gasteiger partial charge in [-0.1, -0.05) is 35.7 Å². The average molecular weight is 392 g/mol. The van der Waals surface area contributed by atoms with Crippen LogP contribution in [0.2, 0.25) is 5.02 Å². The number of rotatable bonds is 5. The lowest BCUT2D eigenvalue weighted by Crippen LogP contribution is -2.13. The molecule has 3 aromatic rings. The van der Waals surface area contributed by atoms with E-state index in [1.807, 2.05) is 25.1 Å². The highest BCUT2D eigenvalue weighted by molar-refractivity contribution is 6.30. The number of aromatic nitrogens is 1. The quantitative estimate of drug-likeness (QED) is 0.618. The number of nitrogens with zero attached hydrogens (tertiary/aromatic N) is 1. The van der Waals surface area contributed by atoms with Gasteiger partial charge in [0.2, 0.25) is 0 Å². The van der Waals surface area contributed by atoms with Gasteiger partial charge in [-0.25, -0.2) is 4.98 Å². The molecule has 0 aliphatic heterocycles. The van der Waals surface area contributed by atoms with Crippen LogP contribution in [0.25, 0.3) is 0 Å². The summed E-state index contributed by atoms with van der Waals surface area (Å²) in [5.74, 6) is 2.94. The minimum atomic E-state index is -0.329. The lowest BCUT2D eigenvalue weighted by atomic mass is 10.1. The molecule has 3 rings (SSSR count). The van der Waals surface area contributed by atoms with Gasteiger partial charge < -0.3 is 15.8 Å². The van der Waals surface area contributed by atoms with Gasteiger partial charge in [-0.3, -0.25) is 4.79 Å². The Labute approximate surface area is 168 Å². The number of carbonyl (C=O) groups excluding carboxylic acids is 1. The first-order chi connectivity index (χ1) is 13.5. The van der Waals surface area contributed by atoms with Crippen LogP contribution in [0.5, 0.6) is 5.75 Å². The van der Waals surface area contributed by atoms with Crippen molar-refractivity contribution in [3.63, 3.8) is 0 Å². The van der Waals surface area contributed by atoms with Gasteiger partial charge >= 0.3 is 0 Å². The first-order valence-corrected chi connectivity index (χ1v) is 8.89. The maximum atomic E-state index is 12.5. The summed E-state index contributed by atoms with van der Waals surface area (Å²) in [6.07, 6.45) is 6.52. The molecule has 1 amide bonds. The minimum absolute atomic E-state index is 0.244. The molecule has 0 aliphatic rings. The Morgan fingerprint density at radius 1 is 1.25 bits per heavy atom. The van der Waals surface area contributed by atoms with Gasteiger partial charge in [-0.15, -0.1) is 6.42 Å². The molecule has 0 aliphatic carbocycles. The number of hydrogen-bond acceptors (Lipinski definition) is 4. The van der Waals surface area contributed by atoms with Gasteiger partial charge in [0.1, 0.15) is 6.10 Å². The number of hydrogen-bond donors (Lipinski definition) is 2. The van der Waals surface area contributed by atoms with Gasteiger partial charge in [-0.05, 0) is 42.8 Å². The predicted molar refractivity (Wildman–Crippen MR) is 111 cm³/mol. The van der Waals surface area contributed by atoms with Crippen molar-refractivity contribution in [2.24, 2.45) is 0 Å². The summed E-state index contributed by atoms with van der Waals surface area (Å²) >= 11 is 5.95. The molecule has 2 aromatic carbocycles. The zero-order valence-corrected chi connectivity index (χ0v) is 15.9. The van der Waals surface area contributed by atoms with Crippen molar-refractivity contribution in [1.29, 1.82) is 0 Å². The fourth-order valence-corrected chi connectivity index (χ4v) is 2.75. The van der Waals surface area contributed by atoms with Crippen LogP contribution in [-0.4, -0.2) is 10.9 Å². The number of terminal acetylenes is 1. The summed E-state index contributed by atoms with van der Waals surface area (Å²) in [7, 11) is 0. The van der Waals surface area contributed by atoms with Gasteiger partial charge in [0, 0.05) is 29.1 Å². The molecule has 0 saturated carbocycles. The van der Waals surface area contributed by atoms with E-state index >= 15 is 0 Å². The molecule has 140 valence electrons. The van der Waals surface area contributed by atoms with E-state index in [4.69, 9.17) is 28.5 Å². The van der Waals surface area contributed by atoms with Crippen molar-refractivity contribution in [3.05, 3.63) is 82.5 Å². The zero-order chi connectivity index (χ0) is 20.1. The van der Waals surface area contributed by atoms with E-state index < -0.39 is 0 Å². The summed E-state index contributed by atoms with van der Waals surface area (Å²) in [5, 5.41) is 3.30. The van der Waals surface area contributed by atoms with Gasteiger partial charge in [-0.2, -0.15) is 0 Å². The molecule has 1 atom stereocenters. The Bertz CT molecular complexity index is 1060. The van der Waals surface area contributed by atoms with E-state index in [-0.39, 0.29) is 17.8 Å². The highest BCUT2D eigenvalue weighted by atomic mass is 35.5. The summed E-state index contributed by atoms with van der Waals surface area (Å²) in [4.78, 5) is 16.5. The van der Waals surface area contributed by atoms with Crippen LogP contribution in [-0.2, 0) is 0 Å². The Hall–Kier alpha value is -3.49. The van der Waals surface area contributed by atoms with Crippen LogP contribution in [0, 0.1) is 12.3 Å². The highest BCUT2D eigenvalue weighted by Gasteiger charge is 2.13. The lowest BCUT2D eigenvalue weighted by molar-refractivity contribution is 0.102. The van der Waals surface area contributed by atoms with Crippen LogP contribution >= 0.6 is 11.6 Å². The predicted octanol–water partition coefficient (Wildman–Crippen LogP) is 4.69. The molecule has 0 saturated heterocycles. The number of nitrogen functional groups attached to an aromatic ring is 1. The molecule has 1 heterocycles. The lowest BCUT2D eigenvalue weighted by Gasteiger charge is -2.17. The number of halogens is 1. The molecule has 0 bridgehead atoms. The SMILES string of the molecule is C#Cc1cccc(C(=O)Nc2cccc(C(C)Oc3cc(Cl)cnc3N)c2)c1. The molecule has 0 fully saturated rings. The van der Waals surface area contributed by atoms with E-state index in [9.17, 15) is 4.79 Å². The minimum Gasteiger partial charge on any atom is -0.482 e. The summed E-state index contributed by atoms with van der Waals surface area (Å²) in [6, 6.07) is 15.9. The second kappa shape index (κ2) is 8.47. The Kier molecular flexibility index (Phi) is 5.83. The van der Waals surface area contributed by atoms with Crippen LogP contribution in [0.1, 0.15) is 34.5 Å². The van der Waals surface area contributed by atoms with Crippen molar-refractivity contribution in [2.45, 2.75) is 13.0 Å². The number of ether oxygens (including phenoxy) is 1. The van der Waals surface area contributed by atoms with Crippen molar-refractivity contribution >= 4 is 29.0 Å². The van der Waals surface area contributed by atoms with Gasteiger partial charge in [0.25, 0.3) is 5.91 Å². The maximum absolute atomic E-state index is 12.5. The first kappa shape index (κ1) is 19.3. The van der Waals surface area contributed by atoms with Crippen LogP contribution in [0.4, 0.5) is 11.5 Å². The fourth-order valence-electron chi connectivity index (χ4n) is 2.61. The fraction of sp³-hybridized carbons (Fsp3) is 0.0909. The topological polar surface area (TPSA) is 77.2 Å². The Balaban J connectivity index is 1.75. The molecule has 5 nitrogen and oxygen atoms in total.